The first kappa shape index (κ1) is 13.3. The number of nitrogens with one attached hydrogen (secondary N) is 1. The molecule has 1 saturated carbocycles. The molecule has 1 fully saturated rings. The molecule has 1 aromatic carbocycles. The highest BCUT2D eigenvalue weighted by molar-refractivity contribution is 7.99. The highest BCUT2D eigenvalue weighted by Crippen LogP contribution is 2.32. The highest BCUT2D eigenvalue weighted by atomic mass is 32.2. The number of fused-ring (bicyclic) bond motifs is 1. The maximum Gasteiger partial charge on any atom is 0.184 e. The molecular formula is C15H20N2S2. The monoisotopic (exact) mass is 292 g/mol. The number of anilines is 1. The van der Waals surface area contributed by atoms with Gasteiger partial charge in [-0.2, -0.15) is 11.8 Å². The minimum absolute atomic E-state index is 0.588. The Balaban J connectivity index is 1.80. The van der Waals surface area contributed by atoms with E-state index in [-0.39, 0.29) is 0 Å². The summed E-state index contributed by atoms with van der Waals surface area (Å²) in [5.74, 6) is 0. The molecule has 0 amide bonds. The lowest BCUT2D eigenvalue weighted by atomic mass is 9.95. The van der Waals surface area contributed by atoms with Crippen LogP contribution in [0.15, 0.2) is 18.2 Å². The van der Waals surface area contributed by atoms with Gasteiger partial charge in [0.15, 0.2) is 5.13 Å². The summed E-state index contributed by atoms with van der Waals surface area (Å²) in [7, 11) is 0. The van der Waals surface area contributed by atoms with E-state index in [0.29, 0.717) is 6.04 Å². The molecule has 2 nitrogen and oxygen atoms in total. The van der Waals surface area contributed by atoms with Crippen LogP contribution in [0.4, 0.5) is 5.13 Å². The summed E-state index contributed by atoms with van der Waals surface area (Å²) in [5.41, 5.74) is 2.41. The summed E-state index contributed by atoms with van der Waals surface area (Å²) in [6.07, 6.45) is 7.57. The van der Waals surface area contributed by atoms with Crippen LogP contribution >= 0.6 is 23.1 Å². The Morgan fingerprint density at radius 3 is 3.00 bits per heavy atom. The molecule has 3 rings (SSSR count). The normalized spacial score (nSPS) is 23.7. The Kier molecular flexibility index (Phi) is 3.99. The second kappa shape index (κ2) is 5.71. The fourth-order valence-corrected chi connectivity index (χ4v) is 4.64. The summed E-state index contributed by atoms with van der Waals surface area (Å²) < 4.78 is 1.28. The molecule has 1 aromatic heterocycles. The lowest BCUT2D eigenvalue weighted by molar-refractivity contribution is 0.475. The second-order valence-electron chi connectivity index (χ2n) is 5.30. The van der Waals surface area contributed by atoms with Gasteiger partial charge >= 0.3 is 0 Å². The summed E-state index contributed by atoms with van der Waals surface area (Å²) in [6, 6.07) is 7.10. The van der Waals surface area contributed by atoms with Gasteiger partial charge in [0.2, 0.25) is 0 Å². The van der Waals surface area contributed by atoms with Crippen molar-refractivity contribution in [3.63, 3.8) is 0 Å². The zero-order valence-electron chi connectivity index (χ0n) is 11.5. The van der Waals surface area contributed by atoms with Gasteiger partial charge in [0.05, 0.1) is 10.2 Å². The molecule has 2 unspecified atom stereocenters. The van der Waals surface area contributed by atoms with Crippen LogP contribution in [0.2, 0.25) is 0 Å². The Hall–Kier alpha value is -0.740. The van der Waals surface area contributed by atoms with Crippen molar-refractivity contribution < 1.29 is 0 Å². The first-order chi connectivity index (χ1) is 9.26. The molecule has 0 spiro atoms. The molecule has 0 radical (unpaired) electrons. The second-order valence-corrected chi connectivity index (χ2v) is 7.41. The molecule has 102 valence electrons. The van der Waals surface area contributed by atoms with Crippen LogP contribution in [0.5, 0.6) is 0 Å². The zero-order chi connectivity index (χ0) is 13.2. The summed E-state index contributed by atoms with van der Waals surface area (Å²) in [5, 5.41) is 5.51. The molecule has 0 saturated heterocycles. The van der Waals surface area contributed by atoms with Gasteiger partial charge in [0, 0.05) is 11.3 Å². The molecule has 1 aliphatic carbocycles. The number of thiazole rings is 1. The number of benzene rings is 1. The number of thioether (sulfide) groups is 1. The molecule has 1 heterocycles. The number of hydrogen-bond donors (Lipinski definition) is 1. The van der Waals surface area contributed by atoms with Crippen LogP contribution in [-0.4, -0.2) is 22.5 Å². The predicted molar refractivity (Wildman–Crippen MR) is 87.5 cm³/mol. The maximum atomic E-state index is 4.73. The largest absolute Gasteiger partial charge is 0.358 e. The zero-order valence-corrected chi connectivity index (χ0v) is 13.1. The predicted octanol–water partition coefficient (Wildman–Crippen LogP) is 4.69. The van der Waals surface area contributed by atoms with E-state index < -0.39 is 0 Å². The highest BCUT2D eigenvalue weighted by Gasteiger charge is 2.24. The number of nitrogens with zero attached hydrogens (tertiary/aromatic N) is 1. The minimum Gasteiger partial charge on any atom is -0.358 e. The quantitative estimate of drug-likeness (QED) is 0.888. The van der Waals surface area contributed by atoms with Crippen molar-refractivity contribution in [2.75, 3.05) is 11.6 Å². The van der Waals surface area contributed by atoms with Crippen LogP contribution in [0.1, 0.15) is 31.2 Å². The van der Waals surface area contributed by atoms with Gasteiger partial charge in [-0.1, -0.05) is 30.2 Å². The van der Waals surface area contributed by atoms with Gasteiger partial charge in [-0.25, -0.2) is 4.98 Å². The van der Waals surface area contributed by atoms with Crippen LogP contribution in [0.25, 0.3) is 10.2 Å². The van der Waals surface area contributed by atoms with E-state index in [9.17, 15) is 0 Å². The maximum absolute atomic E-state index is 4.73. The van der Waals surface area contributed by atoms with Gasteiger partial charge in [-0.05, 0) is 43.7 Å². The van der Waals surface area contributed by atoms with Gasteiger partial charge in [-0.3, -0.25) is 0 Å². The summed E-state index contributed by atoms with van der Waals surface area (Å²) in [6.45, 7) is 2.12. The fourth-order valence-electron chi connectivity index (χ4n) is 2.80. The van der Waals surface area contributed by atoms with Crippen molar-refractivity contribution in [1.29, 1.82) is 0 Å². The lowest BCUT2D eigenvalue weighted by Gasteiger charge is -2.30. The van der Waals surface area contributed by atoms with Gasteiger partial charge in [0.25, 0.3) is 0 Å². The minimum atomic E-state index is 0.588. The van der Waals surface area contributed by atoms with E-state index >= 15 is 0 Å². The van der Waals surface area contributed by atoms with Gasteiger partial charge < -0.3 is 5.32 Å². The van der Waals surface area contributed by atoms with Crippen LogP contribution in [0.3, 0.4) is 0 Å². The number of aryl methyl sites for hydroxylation is 1. The van der Waals surface area contributed by atoms with Crippen molar-refractivity contribution in [2.24, 2.45) is 0 Å². The Labute approximate surface area is 123 Å². The molecule has 2 aromatic rings. The molecule has 4 heteroatoms. The molecule has 19 heavy (non-hydrogen) atoms. The third kappa shape index (κ3) is 2.90. The van der Waals surface area contributed by atoms with Crippen LogP contribution in [0, 0.1) is 6.92 Å². The Bertz CT molecular complexity index is 564. The average molecular weight is 292 g/mol. The Morgan fingerprint density at radius 2 is 2.16 bits per heavy atom. The molecular weight excluding hydrogens is 272 g/mol. The van der Waals surface area contributed by atoms with E-state index in [1.165, 1.54) is 35.9 Å². The third-order valence-corrected chi connectivity index (χ3v) is 5.99. The third-order valence-electron chi connectivity index (χ3n) is 3.86. The van der Waals surface area contributed by atoms with E-state index in [0.717, 1.165) is 15.9 Å². The standard InChI is InChI=1S/C15H20N2S2/c1-10-7-8-14-12(9-10)17-15(19-14)16-11-5-3-4-6-13(11)18-2/h7-9,11,13H,3-6H2,1-2H3,(H,16,17). The number of rotatable bonds is 3. The molecule has 1 N–H and O–H groups in total. The summed E-state index contributed by atoms with van der Waals surface area (Å²) in [4.78, 5) is 4.73. The number of aromatic nitrogens is 1. The number of hydrogen-bond acceptors (Lipinski definition) is 4. The molecule has 1 aliphatic rings. The lowest BCUT2D eigenvalue weighted by Crippen LogP contribution is -2.34. The van der Waals surface area contributed by atoms with E-state index in [1.54, 1.807) is 11.3 Å². The van der Waals surface area contributed by atoms with Crippen LogP contribution < -0.4 is 5.32 Å². The summed E-state index contributed by atoms with van der Waals surface area (Å²) >= 11 is 3.78. The van der Waals surface area contributed by atoms with Gasteiger partial charge in [-0.15, -0.1) is 0 Å². The van der Waals surface area contributed by atoms with E-state index in [2.05, 4.69) is 36.7 Å². The van der Waals surface area contributed by atoms with Gasteiger partial charge in [0.1, 0.15) is 0 Å². The van der Waals surface area contributed by atoms with Crippen molar-refractivity contribution in [3.8, 4) is 0 Å². The van der Waals surface area contributed by atoms with Crippen molar-refractivity contribution in [1.82, 2.24) is 4.98 Å². The van der Waals surface area contributed by atoms with Crippen molar-refractivity contribution in [3.05, 3.63) is 23.8 Å². The molecule has 2 atom stereocenters. The Morgan fingerprint density at radius 1 is 1.32 bits per heavy atom. The molecule has 0 aliphatic heterocycles. The SMILES string of the molecule is CSC1CCCCC1Nc1nc2cc(C)ccc2s1. The average Bonchev–Trinajstić information content (AvgIpc) is 2.80. The van der Waals surface area contributed by atoms with Crippen molar-refractivity contribution in [2.45, 2.75) is 43.9 Å². The molecule has 0 bridgehead atoms. The van der Waals surface area contributed by atoms with E-state index in [4.69, 9.17) is 4.98 Å². The first-order valence-electron chi connectivity index (χ1n) is 6.93. The smallest absolute Gasteiger partial charge is 0.184 e. The van der Waals surface area contributed by atoms with Crippen LogP contribution in [-0.2, 0) is 0 Å². The fraction of sp³-hybridized carbons (Fsp3) is 0.533. The first-order valence-corrected chi connectivity index (χ1v) is 9.03. The topological polar surface area (TPSA) is 24.9 Å². The van der Waals surface area contributed by atoms with E-state index in [1.807, 2.05) is 11.8 Å². The van der Waals surface area contributed by atoms with Crippen molar-refractivity contribution >= 4 is 38.4 Å².